The number of carbonyl (C=O) groups excluding carboxylic acids is 1. The number of hydrogen-bond acceptors (Lipinski definition) is 7. The summed E-state index contributed by atoms with van der Waals surface area (Å²) in [5, 5.41) is 12.0. The van der Waals surface area contributed by atoms with Crippen molar-refractivity contribution in [1.29, 1.82) is 0 Å². The maximum absolute atomic E-state index is 13.4. The first-order chi connectivity index (χ1) is 16.9. The number of aryl methyl sites for hydroxylation is 1. The lowest BCUT2D eigenvalue weighted by Gasteiger charge is -2.13. The minimum atomic E-state index is -0.457. The molecular weight excluding hydrogens is 557 g/mol. The summed E-state index contributed by atoms with van der Waals surface area (Å²) in [5.74, 6) is 0.340. The highest BCUT2D eigenvalue weighted by atomic mass is 79.9. The molecule has 12 heteroatoms. The van der Waals surface area contributed by atoms with Crippen LogP contribution >= 0.6 is 39.1 Å². The molecule has 4 aromatic heterocycles. The van der Waals surface area contributed by atoms with Gasteiger partial charge in [0.15, 0.2) is 5.82 Å². The van der Waals surface area contributed by atoms with Crippen molar-refractivity contribution in [1.82, 2.24) is 29.9 Å². The molecule has 0 bridgehead atoms. The first kappa shape index (κ1) is 23.2. The standard InChI is InChI=1S/C23H14BrCl2N7O2/c1-12-9-13(25)10-14(23-30-20(32-35-23)16-6-2-3-7-27-16)19(12)29-22(34)17-11-18(24)31-33(17)21-15(26)5-4-8-28-21/h2-11H,1H3,(H,29,34). The molecule has 5 rings (SSSR count). The largest absolute Gasteiger partial charge is 0.333 e. The second-order valence-electron chi connectivity index (χ2n) is 7.31. The fourth-order valence-electron chi connectivity index (χ4n) is 3.40. The summed E-state index contributed by atoms with van der Waals surface area (Å²) in [6.45, 7) is 1.81. The quantitative estimate of drug-likeness (QED) is 0.275. The van der Waals surface area contributed by atoms with Gasteiger partial charge in [-0.1, -0.05) is 34.4 Å². The van der Waals surface area contributed by atoms with E-state index in [2.05, 4.69) is 46.5 Å². The molecule has 4 heterocycles. The van der Waals surface area contributed by atoms with Crippen LogP contribution in [0.25, 0.3) is 28.8 Å². The Bertz CT molecular complexity index is 1550. The van der Waals surface area contributed by atoms with E-state index >= 15 is 0 Å². The third kappa shape index (κ3) is 4.68. The number of carbonyl (C=O) groups is 1. The summed E-state index contributed by atoms with van der Waals surface area (Å²) >= 11 is 15.9. The lowest BCUT2D eigenvalue weighted by molar-refractivity contribution is 0.101. The third-order valence-electron chi connectivity index (χ3n) is 4.94. The second-order valence-corrected chi connectivity index (χ2v) is 8.97. The van der Waals surface area contributed by atoms with Gasteiger partial charge in [-0.15, -0.1) is 0 Å². The van der Waals surface area contributed by atoms with E-state index in [1.807, 2.05) is 13.0 Å². The van der Waals surface area contributed by atoms with Crippen LogP contribution in [0.2, 0.25) is 10.0 Å². The van der Waals surface area contributed by atoms with Crippen LogP contribution in [0.15, 0.2) is 70.1 Å². The molecule has 0 radical (unpaired) electrons. The Hall–Kier alpha value is -3.60. The van der Waals surface area contributed by atoms with Gasteiger partial charge in [-0.2, -0.15) is 10.1 Å². The number of anilines is 1. The molecule has 0 spiro atoms. The molecule has 0 aliphatic heterocycles. The number of nitrogens with zero attached hydrogens (tertiary/aromatic N) is 6. The van der Waals surface area contributed by atoms with Crippen LogP contribution in [0, 0.1) is 6.92 Å². The lowest BCUT2D eigenvalue weighted by atomic mass is 10.1. The van der Waals surface area contributed by atoms with E-state index in [1.54, 1.807) is 54.9 Å². The van der Waals surface area contributed by atoms with Gasteiger partial charge in [0.05, 0.1) is 16.3 Å². The molecule has 0 unspecified atom stereocenters. The van der Waals surface area contributed by atoms with Crippen LogP contribution in [0.4, 0.5) is 5.69 Å². The second kappa shape index (κ2) is 9.57. The highest BCUT2D eigenvalue weighted by Gasteiger charge is 2.23. The van der Waals surface area contributed by atoms with Crippen molar-refractivity contribution in [3.8, 4) is 28.8 Å². The first-order valence-electron chi connectivity index (χ1n) is 10.1. The summed E-state index contributed by atoms with van der Waals surface area (Å²) in [4.78, 5) is 26.3. The highest BCUT2D eigenvalue weighted by molar-refractivity contribution is 9.10. The molecule has 174 valence electrons. The van der Waals surface area contributed by atoms with E-state index in [0.717, 1.165) is 0 Å². The fourth-order valence-corrected chi connectivity index (χ4v) is 4.25. The number of amides is 1. The van der Waals surface area contributed by atoms with Crippen molar-refractivity contribution >= 4 is 50.7 Å². The van der Waals surface area contributed by atoms with Gasteiger partial charge in [0.1, 0.15) is 16.0 Å². The Kier molecular flexibility index (Phi) is 6.33. The summed E-state index contributed by atoms with van der Waals surface area (Å²) in [7, 11) is 0. The van der Waals surface area contributed by atoms with Crippen LogP contribution in [0.1, 0.15) is 16.1 Å². The number of aromatic nitrogens is 6. The number of pyridine rings is 2. The number of benzene rings is 1. The fraction of sp³-hybridized carbons (Fsp3) is 0.0435. The maximum atomic E-state index is 13.4. The summed E-state index contributed by atoms with van der Waals surface area (Å²) in [6.07, 6.45) is 3.20. The topological polar surface area (TPSA) is 112 Å². The normalized spacial score (nSPS) is 11.0. The number of hydrogen-bond donors (Lipinski definition) is 1. The predicted octanol–water partition coefficient (Wildman–Crippen LogP) is 6.01. The van der Waals surface area contributed by atoms with Gasteiger partial charge in [-0.3, -0.25) is 9.78 Å². The van der Waals surface area contributed by atoms with Crippen molar-refractivity contribution < 1.29 is 9.32 Å². The molecule has 1 aromatic carbocycles. The Morgan fingerprint density at radius 1 is 1.09 bits per heavy atom. The van der Waals surface area contributed by atoms with Crippen LogP contribution < -0.4 is 5.32 Å². The van der Waals surface area contributed by atoms with Gasteiger partial charge in [0.2, 0.25) is 5.82 Å². The van der Waals surface area contributed by atoms with Crippen molar-refractivity contribution in [3.05, 3.63) is 86.8 Å². The lowest BCUT2D eigenvalue weighted by Crippen LogP contribution is -2.18. The predicted molar refractivity (Wildman–Crippen MR) is 135 cm³/mol. The summed E-state index contributed by atoms with van der Waals surface area (Å²) in [6, 6.07) is 13.7. The van der Waals surface area contributed by atoms with Crippen LogP contribution in [-0.4, -0.2) is 35.8 Å². The Balaban J connectivity index is 1.54. The van der Waals surface area contributed by atoms with E-state index in [0.29, 0.717) is 48.8 Å². The average molecular weight is 571 g/mol. The van der Waals surface area contributed by atoms with Gasteiger partial charge in [0, 0.05) is 23.5 Å². The molecule has 9 nitrogen and oxygen atoms in total. The Morgan fingerprint density at radius 2 is 1.91 bits per heavy atom. The molecule has 0 atom stereocenters. The maximum Gasteiger partial charge on any atom is 0.274 e. The van der Waals surface area contributed by atoms with Gasteiger partial charge < -0.3 is 9.84 Å². The van der Waals surface area contributed by atoms with Gasteiger partial charge in [-0.25, -0.2) is 9.67 Å². The molecule has 1 N–H and O–H groups in total. The Morgan fingerprint density at radius 3 is 2.69 bits per heavy atom. The average Bonchev–Trinajstić information content (AvgIpc) is 3.49. The Labute approximate surface area is 217 Å². The molecule has 1 amide bonds. The highest BCUT2D eigenvalue weighted by Crippen LogP contribution is 2.34. The van der Waals surface area contributed by atoms with E-state index in [1.165, 1.54) is 4.68 Å². The summed E-state index contributed by atoms with van der Waals surface area (Å²) < 4.78 is 7.29. The monoisotopic (exact) mass is 569 g/mol. The smallest absolute Gasteiger partial charge is 0.274 e. The van der Waals surface area contributed by atoms with Crippen molar-refractivity contribution in [2.24, 2.45) is 0 Å². The molecule has 0 aliphatic carbocycles. The number of halogens is 3. The zero-order chi connectivity index (χ0) is 24.5. The molecule has 35 heavy (non-hydrogen) atoms. The van der Waals surface area contributed by atoms with Crippen molar-refractivity contribution in [3.63, 3.8) is 0 Å². The van der Waals surface area contributed by atoms with Crippen LogP contribution in [0.5, 0.6) is 0 Å². The van der Waals surface area contributed by atoms with Crippen LogP contribution in [-0.2, 0) is 0 Å². The third-order valence-corrected chi connectivity index (χ3v) is 5.84. The summed E-state index contributed by atoms with van der Waals surface area (Å²) in [5.41, 5.74) is 2.36. The minimum Gasteiger partial charge on any atom is -0.333 e. The van der Waals surface area contributed by atoms with E-state index in [-0.39, 0.29) is 11.6 Å². The first-order valence-corrected chi connectivity index (χ1v) is 11.7. The van der Waals surface area contributed by atoms with Gasteiger partial charge >= 0.3 is 0 Å². The number of nitrogens with one attached hydrogen (secondary N) is 1. The van der Waals surface area contributed by atoms with Crippen LogP contribution in [0.3, 0.4) is 0 Å². The zero-order valence-corrected chi connectivity index (χ0v) is 21.0. The van der Waals surface area contributed by atoms with E-state index in [4.69, 9.17) is 27.7 Å². The molecule has 0 saturated carbocycles. The van der Waals surface area contributed by atoms with Crippen molar-refractivity contribution in [2.75, 3.05) is 5.32 Å². The van der Waals surface area contributed by atoms with Crippen molar-refractivity contribution in [2.45, 2.75) is 6.92 Å². The van der Waals surface area contributed by atoms with E-state index < -0.39 is 5.91 Å². The van der Waals surface area contributed by atoms with Gasteiger partial charge in [-0.05, 0) is 64.8 Å². The molecule has 5 aromatic rings. The molecule has 0 aliphatic rings. The number of rotatable bonds is 5. The van der Waals surface area contributed by atoms with Gasteiger partial charge in [0.25, 0.3) is 11.8 Å². The van der Waals surface area contributed by atoms with E-state index in [9.17, 15) is 4.79 Å². The minimum absolute atomic E-state index is 0.175. The zero-order valence-electron chi connectivity index (χ0n) is 17.9. The molecule has 0 fully saturated rings. The molecule has 0 saturated heterocycles. The SMILES string of the molecule is Cc1cc(Cl)cc(-c2nc(-c3ccccn3)no2)c1NC(=O)c1cc(Br)nn1-c1ncccc1Cl. The molecular formula is C23H14BrCl2N7O2.